The minimum absolute atomic E-state index is 0.0870. The van der Waals surface area contributed by atoms with Gasteiger partial charge >= 0.3 is 6.61 Å². The number of alkyl halides is 2. The summed E-state index contributed by atoms with van der Waals surface area (Å²) in [6.45, 7) is -2.96. The molecule has 0 bridgehead atoms. The molecular formula is C8H5BrF2N2O. The number of hydrogen-bond acceptors (Lipinski definition) is 3. The number of ether oxygens (including phenoxy) is 1. The van der Waals surface area contributed by atoms with Crippen LogP contribution in [-0.4, -0.2) is 6.61 Å². The molecule has 0 radical (unpaired) electrons. The van der Waals surface area contributed by atoms with Gasteiger partial charge < -0.3 is 10.5 Å². The number of nitrogens with zero attached hydrogens (tertiary/aromatic N) is 1. The summed E-state index contributed by atoms with van der Waals surface area (Å²) in [5.41, 5.74) is 5.41. The zero-order valence-corrected chi connectivity index (χ0v) is 8.38. The first kappa shape index (κ1) is 10.7. The predicted molar refractivity (Wildman–Crippen MR) is 49.9 cm³/mol. The van der Waals surface area contributed by atoms with Crippen LogP contribution in [-0.2, 0) is 0 Å². The molecule has 0 aliphatic rings. The third-order valence-electron chi connectivity index (χ3n) is 1.44. The van der Waals surface area contributed by atoms with Gasteiger partial charge in [-0.2, -0.15) is 14.0 Å². The summed E-state index contributed by atoms with van der Waals surface area (Å²) < 4.78 is 28.4. The number of nitriles is 1. The van der Waals surface area contributed by atoms with E-state index >= 15 is 0 Å². The number of hydrogen-bond donors (Lipinski definition) is 1. The molecule has 0 atom stereocenters. The molecule has 1 aromatic rings. The molecule has 14 heavy (non-hydrogen) atoms. The Balaban J connectivity index is 3.17. The van der Waals surface area contributed by atoms with Gasteiger partial charge in [0, 0.05) is 4.47 Å². The molecule has 0 fully saturated rings. The molecule has 0 aliphatic heterocycles. The Morgan fingerprint density at radius 1 is 1.50 bits per heavy atom. The summed E-state index contributed by atoms with van der Waals surface area (Å²) >= 11 is 3.05. The van der Waals surface area contributed by atoms with Gasteiger partial charge in [0.1, 0.15) is 6.07 Å². The van der Waals surface area contributed by atoms with Gasteiger partial charge in [-0.05, 0) is 12.1 Å². The first-order chi connectivity index (χ1) is 6.54. The lowest BCUT2D eigenvalue weighted by Gasteiger charge is -2.08. The fraction of sp³-hybridized carbons (Fsp3) is 0.125. The molecule has 1 aromatic carbocycles. The Morgan fingerprint density at radius 2 is 2.14 bits per heavy atom. The van der Waals surface area contributed by atoms with Gasteiger partial charge in [0.05, 0.1) is 11.3 Å². The molecular weight excluding hydrogens is 258 g/mol. The van der Waals surface area contributed by atoms with Crippen LogP contribution in [0.1, 0.15) is 5.56 Å². The van der Waals surface area contributed by atoms with E-state index in [1.807, 2.05) is 0 Å². The highest BCUT2D eigenvalue weighted by Gasteiger charge is 2.12. The van der Waals surface area contributed by atoms with Gasteiger partial charge in [-0.15, -0.1) is 0 Å². The smallest absolute Gasteiger partial charge is 0.387 e. The van der Waals surface area contributed by atoms with Crippen LogP contribution in [0.5, 0.6) is 5.75 Å². The maximum absolute atomic E-state index is 11.9. The van der Waals surface area contributed by atoms with Crippen LogP contribution in [0.15, 0.2) is 16.6 Å². The van der Waals surface area contributed by atoms with E-state index in [9.17, 15) is 8.78 Å². The van der Waals surface area contributed by atoms with Crippen molar-refractivity contribution in [3.05, 3.63) is 22.2 Å². The van der Waals surface area contributed by atoms with E-state index in [1.165, 1.54) is 12.1 Å². The molecule has 0 saturated heterocycles. The van der Waals surface area contributed by atoms with Crippen molar-refractivity contribution in [1.29, 1.82) is 5.26 Å². The molecule has 6 heteroatoms. The molecule has 0 aromatic heterocycles. The van der Waals surface area contributed by atoms with Crippen LogP contribution in [0.2, 0.25) is 0 Å². The highest BCUT2D eigenvalue weighted by molar-refractivity contribution is 9.10. The van der Waals surface area contributed by atoms with Gasteiger partial charge in [-0.25, -0.2) is 0 Å². The molecule has 3 nitrogen and oxygen atoms in total. The average molecular weight is 263 g/mol. The van der Waals surface area contributed by atoms with Crippen LogP contribution >= 0.6 is 15.9 Å². The average Bonchev–Trinajstić information content (AvgIpc) is 2.09. The molecule has 2 N–H and O–H groups in total. The van der Waals surface area contributed by atoms with E-state index in [0.717, 1.165) is 0 Å². The summed E-state index contributed by atoms with van der Waals surface area (Å²) in [6, 6.07) is 4.47. The molecule has 1 rings (SSSR count). The van der Waals surface area contributed by atoms with Crippen LogP contribution in [0, 0.1) is 11.3 Å². The molecule has 0 saturated carbocycles. The third kappa shape index (κ3) is 2.33. The number of nitrogens with two attached hydrogens (primary N) is 1. The highest BCUT2D eigenvalue weighted by atomic mass is 79.9. The van der Waals surface area contributed by atoms with E-state index in [0.29, 0.717) is 4.47 Å². The highest BCUT2D eigenvalue weighted by Crippen LogP contribution is 2.30. The monoisotopic (exact) mass is 262 g/mol. The number of anilines is 1. The Labute approximate surface area is 87.2 Å². The van der Waals surface area contributed by atoms with Gasteiger partial charge in [-0.1, -0.05) is 15.9 Å². The van der Waals surface area contributed by atoms with Crippen LogP contribution in [0.4, 0.5) is 14.5 Å². The second kappa shape index (κ2) is 4.24. The standard InChI is InChI=1S/C8H5BrF2N2O/c9-5-1-4(3-12)7(13)6(2-5)14-8(10)11/h1-2,8H,13H2. The van der Waals surface area contributed by atoms with Crippen LogP contribution < -0.4 is 10.5 Å². The van der Waals surface area contributed by atoms with E-state index in [-0.39, 0.29) is 17.0 Å². The molecule has 74 valence electrons. The quantitative estimate of drug-likeness (QED) is 0.834. The Bertz CT molecular complexity index is 390. The molecule has 0 spiro atoms. The van der Waals surface area contributed by atoms with Gasteiger partial charge in [0.2, 0.25) is 0 Å². The normalized spacial score (nSPS) is 9.93. The topological polar surface area (TPSA) is 59.0 Å². The Hall–Kier alpha value is -1.35. The van der Waals surface area contributed by atoms with Crippen molar-refractivity contribution >= 4 is 21.6 Å². The van der Waals surface area contributed by atoms with Gasteiger partial charge in [0.15, 0.2) is 5.75 Å². The lowest BCUT2D eigenvalue weighted by Crippen LogP contribution is -2.05. The number of benzene rings is 1. The molecule has 0 aliphatic carbocycles. The first-order valence-electron chi connectivity index (χ1n) is 3.48. The minimum Gasteiger partial charge on any atom is -0.433 e. The van der Waals surface area contributed by atoms with Crippen LogP contribution in [0.3, 0.4) is 0 Å². The largest absolute Gasteiger partial charge is 0.433 e. The van der Waals surface area contributed by atoms with Crippen molar-refractivity contribution in [2.75, 3.05) is 5.73 Å². The van der Waals surface area contributed by atoms with Crippen molar-refractivity contribution in [3.63, 3.8) is 0 Å². The SMILES string of the molecule is N#Cc1cc(Br)cc(OC(F)F)c1N. The predicted octanol–water partition coefficient (Wildman–Crippen LogP) is 2.50. The summed E-state index contributed by atoms with van der Waals surface area (Å²) in [5.74, 6) is -0.203. The van der Waals surface area contributed by atoms with Gasteiger partial charge in [-0.3, -0.25) is 0 Å². The van der Waals surface area contributed by atoms with Crippen molar-refractivity contribution in [2.24, 2.45) is 0 Å². The second-order valence-corrected chi connectivity index (χ2v) is 3.27. The fourth-order valence-corrected chi connectivity index (χ4v) is 1.32. The third-order valence-corrected chi connectivity index (χ3v) is 1.90. The second-order valence-electron chi connectivity index (χ2n) is 2.36. The lowest BCUT2D eigenvalue weighted by molar-refractivity contribution is -0.0493. The first-order valence-corrected chi connectivity index (χ1v) is 4.28. The van der Waals surface area contributed by atoms with Gasteiger partial charge in [0.25, 0.3) is 0 Å². The lowest BCUT2D eigenvalue weighted by atomic mass is 10.2. The molecule has 0 unspecified atom stereocenters. The summed E-state index contributed by atoms with van der Waals surface area (Å²) in [4.78, 5) is 0. The summed E-state index contributed by atoms with van der Waals surface area (Å²) in [7, 11) is 0. The van der Waals surface area contributed by atoms with E-state index < -0.39 is 6.61 Å². The van der Waals surface area contributed by atoms with Crippen LogP contribution in [0.25, 0.3) is 0 Å². The maximum atomic E-state index is 11.9. The van der Waals surface area contributed by atoms with Crippen molar-refractivity contribution in [3.8, 4) is 11.8 Å². The molecule has 0 amide bonds. The number of rotatable bonds is 2. The Morgan fingerprint density at radius 3 is 2.64 bits per heavy atom. The van der Waals surface area contributed by atoms with E-state index in [1.54, 1.807) is 6.07 Å². The zero-order valence-electron chi connectivity index (χ0n) is 6.80. The number of nitrogen functional groups attached to an aromatic ring is 1. The Kier molecular flexibility index (Phi) is 3.25. The van der Waals surface area contributed by atoms with Crippen molar-refractivity contribution in [1.82, 2.24) is 0 Å². The number of halogens is 3. The minimum atomic E-state index is -2.96. The van der Waals surface area contributed by atoms with E-state index in [4.69, 9.17) is 11.0 Å². The van der Waals surface area contributed by atoms with Crippen molar-refractivity contribution < 1.29 is 13.5 Å². The zero-order chi connectivity index (χ0) is 10.7. The summed E-state index contributed by atoms with van der Waals surface area (Å²) in [6.07, 6.45) is 0. The van der Waals surface area contributed by atoms with E-state index in [2.05, 4.69) is 20.7 Å². The summed E-state index contributed by atoms with van der Waals surface area (Å²) in [5, 5.41) is 8.61. The van der Waals surface area contributed by atoms with Crippen molar-refractivity contribution in [2.45, 2.75) is 6.61 Å². The molecule has 0 heterocycles. The fourth-order valence-electron chi connectivity index (χ4n) is 0.879. The maximum Gasteiger partial charge on any atom is 0.387 e.